The fourth-order valence-corrected chi connectivity index (χ4v) is 1.69. The van der Waals surface area contributed by atoms with Crippen LogP contribution < -0.4 is 0 Å². The van der Waals surface area contributed by atoms with Crippen molar-refractivity contribution in [3.8, 4) is 0 Å². The van der Waals surface area contributed by atoms with Gasteiger partial charge in [-0.05, 0) is 35.6 Å². The number of para-hydroxylation sites is 1. The molecule has 1 aromatic carbocycles. The summed E-state index contributed by atoms with van der Waals surface area (Å²) in [6.45, 7) is 1.99. The minimum Gasteiger partial charge on any atom is -0.460 e. The molecule has 1 heterocycles. The van der Waals surface area contributed by atoms with Gasteiger partial charge >= 0.3 is 0 Å². The first-order valence-electron chi connectivity index (χ1n) is 3.42. The largest absolute Gasteiger partial charge is 0.460 e. The summed E-state index contributed by atoms with van der Waals surface area (Å²) < 4.78 is 6.71. The lowest BCUT2D eigenvalue weighted by atomic mass is 10.2. The van der Waals surface area contributed by atoms with E-state index in [2.05, 4.69) is 28.7 Å². The number of rotatable bonds is 0. The van der Waals surface area contributed by atoms with Crippen LogP contribution in [0.1, 0.15) is 5.76 Å². The quantitative estimate of drug-likeness (QED) is 0.660. The first-order valence-corrected chi connectivity index (χ1v) is 4.50. The van der Waals surface area contributed by atoms with Crippen molar-refractivity contribution in [1.29, 1.82) is 0 Å². The van der Waals surface area contributed by atoms with Crippen molar-refractivity contribution >= 4 is 33.6 Å². The van der Waals surface area contributed by atoms with Gasteiger partial charge in [0.2, 0.25) is 0 Å². The minimum absolute atomic E-state index is 0.981. The first kappa shape index (κ1) is 7.16. The van der Waals surface area contributed by atoms with Gasteiger partial charge in [-0.15, -0.1) is 0 Å². The van der Waals surface area contributed by atoms with Crippen molar-refractivity contribution in [3.05, 3.63) is 33.6 Å². The molecule has 11 heavy (non-hydrogen) atoms. The molecule has 0 atom stereocenters. The molecule has 1 nitrogen and oxygen atoms in total. The second-order valence-corrected chi connectivity index (χ2v) is 3.55. The maximum Gasteiger partial charge on any atom is 0.135 e. The number of fused-ring (bicyclic) bond motifs is 1. The summed E-state index contributed by atoms with van der Waals surface area (Å²) in [5.41, 5.74) is 0.981. The van der Waals surface area contributed by atoms with E-state index in [1.807, 2.05) is 25.1 Å². The molecule has 0 unspecified atom stereocenters. The molecule has 0 saturated carbocycles. The molecule has 56 valence electrons. The summed E-state index contributed by atoms with van der Waals surface area (Å²) in [6.07, 6.45) is 0. The maximum absolute atomic E-state index is 5.49. The zero-order valence-corrected chi connectivity index (χ0v) is 8.25. The molecular formula is C9H7IO. The predicted octanol–water partition coefficient (Wildman–Crippen LogP) is 3.35. The smallest absolute Gasteiger partial charge is 0.135 e. The molecule has 2 heteroatoms. The summed E-state index contributed by atoms with van der Waals surface area (Å²) in [7, 11) is 0. The third-order valence-electron chi connectivity index (χ3n) is 1.70. The van der Waals surface area contributed by atoms with E-state index in [-0.39, 0.29) is 0 Å². The molecule has 0 aliphatic rings. The third-order valence-corrected chi connectivity index (χ3v) is 3.04. The van der Waals surface area contributed by atoms with E-state index in [9.17, 15) is 0 Å². The van der Waals surface area contributed by atoms with Crippen molar-refractivity contribution in [1.82, 2.24) is 0 Å². The fourth-order valence-electron chi connectivity index (χ4n) is 1.14. The number of benzene rings is 1. The van der Waals surface area contributed by atoms with Crippen molar-refractivity contribution in [3.63, 3.8) is 0 Å². The average Bonchev–Trinajstić information content (AvgIpc) is 2.30. The second-order valence-electron chi connectivity index (χ2n) is 2.47. The Morgan fingerprint density at radius 3 is 2.73 bits per heavy atom. The number of hydrogen-bond acceptors (Lipinski definition) is 1. The Bertz CT molecular complexity index is 389. The third kappa shape index (κ3) is 1.05. The van der Waals surface area contributed by atoms with E-state index in [1.165, 1.54) is 8.96 Å². The Labute approximate surface area is 78.5 Å². The summed E-state index contributed by atoms with van der Waals surface area (Å²) in [5, 5.41) is 1.21. The molecule has 0 aliphatic heterocycles. The lowest BCUT2D eigenvalue weighted by Gasteiger charge is -1.83. The molecule has 0 saturated heterocycles. The zero-order valence-electron chi connectivity index (χ0n) is 6.10. The van der Waals surface area contributed by atoms with Crippen LogP contribution in [0.15, 0.2) is 28.7 Å². The van der Waals surface area contributed by atoms with Gasteiger partial charge in [-0.3, -0.25) is 0 Å². The van der Waals surface area contributed by atoms with E-state index in [4.69, 9.17) is 4.42 Å². The summed E-state index contributed by atoms with van der Waals surface area (Å²) in [5.74, 6) is 1.01. The Balaban J connectivity index is 2.92. The highest BCUT2D eigenvalue weighted by Gasteiger charge is 2.05. The number of furan rings is 1. The van der Waals surface area contributed by atoms with Gasteiger partial charge in [-0.2, -0.15) is 0 Å². The van der Waals surface area contributed by atoms with Crippen LogP contribution in [0, 0.1) is 10.5 Å². The van der Waals surface area contributed by atoms with Gasteiger partial charge in [0.25, 0.3) is 0 Å². The number of halogens is 1. The van der Waals surface area contributed by atoms with Crippen LogP contribution in [0.4, 0.5) is 0 Å². The molecule has 0 radical (unpaired) electrons. The van der Waals surface area contributed by atoms with Gasteiger partial charge in [0.05, 0.1) is 3.57 Å². The lowest BCUT2D eigenvalue weighted by Crippen LogP contribution is -1.67. The number of hydrogen-bond donors (Lipinski definition) is 0. The van der Waals surface area contributed by atoms with E-state index in [0.29, 0.717) is 0 Å². The van der Waals surface area contributed by atoms with Crippen LogP contribution in [0.25, 0.3) is 11.0 Å². The molecule has 0 amide bonds. The summed E-state index contributed by atoms with van der Waals surface area (Å²) in [4.78, 5) is 0. The molecule has 0 spiro atoms. The standard InChI is InChI=1S/C9H7IO/c1-6-9(10)7-4-2-3-5-8(7)11-6/h2-5H,1H3. The van der Waals surface area contributed by atoms with Gasteiger partial charge in [-0.25, -0.2) is 0 Å². The topological polar surface area (TPSA) is 13.1 Å². The van der Waals surface area contributed by atoms with E-state index in [1.54, 1.807) is 0 Å². The summed E-state index contributed by atoms with van der Waals surface area (Å²) in [6, 6.07) is 8.08. The molecule has 0 N–H and O–H groups in total. The maximum atomic E-state index is 5.49. The highest BCUT2D eigenvalue weighted by atomic mass is 127. The highest BCUT2D eigenvalue weighted by Crippen LogP contribution is 2.25. The van der Waals surface area contributed by atoms with Crippen LogP contribution in [0.5, 0.6) is 0 Å². The Kier molecular flexibility index (Phi) is 1.64. The normalized spacial score (nSPS) is 10.7. The Hall–Kier alpha value is -0.510. The summed E-state index contributed by atoms with van der Waals surface area (Å²) >= 11 is 2.30. The lowest BCUT2D eigenvalue weighted by molar-refractivity contribution is 0.575. The molecule has 2 aromatic rings. The highest BCUT2D eigenvalue weighted by molar-refractivity contribution is 14.1. The van der Waals surface area contributed by atoms with Crippen molar-refractivity contribution in [2.24, 2.45) is 0 Å². The van der Waals surface area contributed by atoms with E-state index < -0.39 is 0 Å². The minimum atomic E-state index is 0.981. The van der Waals surface area contributed by atoms with Crippen molar-refractivity contribution < 1.29 is 4.42 Å². The van der Waals surface area contributed by atoms with Gasteiger partial charge in [0.15, 0.2) is 0 Å². The van der Waals surface area contributed by atoms with Gasteiger partial charge in [-0.1, -0.05) is 18.2 Å². The van der Waals surface area contributed by atoms with Crippen LogP contribution in [0.2, 0.25) is 0 Å². The van der Waals surface area contributed by atoms with Gasteiger partial charge < -0.3 is 4.42 Å². The monoisotopic (exact) mass is 258 g/mol. The SMILES string of the molecule is Cc1oc2ccccc2c1I. The average molecular weight is 258 g/mol. The Morgan fingerprint density at radius 1 is 1.27 bits per heavy atom. The first-order chi connectivity index (χ1) is 5.29. The molecule has 0 bridgehead atoms. The van der Waals surface area contributed by atoms with Crippen LogP contribution in [-0.2, 0) is 0 Å². The predicted molar refractivity (Wildman–Crippen MR) is 53.7 cm³/mol. The van der Waals surface area contributed by atoms with Crippen LogP contribution >= 0.6 is 22.6 Å². The molecule has 2 rings (SSSR count). The van der Waals surface area contributed by atoms with E-state index >= 15 is 0 Å². The second kappa shape index (κ2) is 2.52. The molecule has 0 aliphatic carbocycles. The Morgan fingerprint density at radius 2 is 2.00 bits per heavy atom. The van der Waals surface area contributed by atoms with Crippen molar-refractivity contribution in [2.45, 2.75) is 6.92 Å². The van der Waals surface area contributed by atoms with Crippen molar-refractivity contribution in [2.75, 3.05) is 0 Å². The number of aryl methyl sites for hydroxylation is 1. The van der Waals surface area contributed by atoms with Crippen LogP contribution in [0.3, 0.4) is 0 Å². The molecule has 0 fully saturated rings. The zero-order chi connectivity index (χ0) is 7.84. The van der Waals surface area contributed by atoms with Crippen LogP contribution in [-0.4, -0.2) is 0 Å². The molecular weight excluding hydrogens is 251 g/mol. The van der Waals surface area contributed by atoms with Gasteiger partial charge in [0.1, 0.15) is 11.3 Å². The fraction of sp³-hybridized carbons (Fsp3) is 0.111. The molecule has 1 aromatic heterocycles. The van der Waals surface area contributed by atoms with Gasteiger partial charge in [0, 0.05) is 5.39 Å². The van der Waals surface area contributed by atoms with E-state index in [0.717, 1.165) is 11.3 Å².